The number of carboxylic acids is 1. The Bertz CT molecular complexity index is 1860. The number of carbonyl (C=O) groups excluding carboxylic acids is 8. The minimum atomic E-state index is -5.01. The monoisotopic (exact) mass is 1080 g/mol. The van der Waals surface area contributed by atoms with Crippen molar-refractivity contribution in [2.75, 3.05) is 52.4 Å². The van der Waals surface area contributed by atoms with Crippen molar-refractivity contribution in [2.45, 2.75) is 164 Å². The van der Waals surface area contributed by atoms with Crippen LogP contribution >= 0.6 is 0 Å². The summed E-state index contributed by atoms with van der Waals surface area (Å²) < 4.78 is 42.0. The van der Waals surface area contributed by atoms with Gasteiger partial charge in [-0.05, 0) is 116 Å². The smallest absolute Gasteiger partial charge is 0.391 e. The molecule has 1 aliphatic rings. The van der Waals surface area contributed by atoms with Crippen LogP contribution < -0.4 is 77.4 Å². The number of hydrogen-bond donors (Lipinski definition) is 17. The average Bonchev–Trinajstić information content (AvgIpc) is 3.86. The molecule has 1 unspecified atom stereocenters. The average molecular weight is 1080 g/mol. The Hall–Kier alpha value is -5.79. The third-order valence-electron chi connectivity index (χ3n) is 12.3. The molecular weight excluding hydrogens is 998 g/mol. The molecule has 0 spiro atoms. The van der Waals surface area contributed by atoms with E-state index in [4.69, 9.17) is 45.5 Å². The fourth-order valence-electron chi connectivity index (χ4n) is 8.08. The number of halogens is 3. The molecule has 27 nitrogen and oxygen atoms in total. The highest BCUT2D eigenvalue weighted by Gasteiger charge is 2.42. The van der Waals surface area contributed by atoms with Crippen molar-refractivity contribution >= 4 is 59.1 Å². The zero-order valence-corrected chi connectivity index (χ0v) is 42.6. The molecule has 1 rings (SSSR count). The number of rotatable bonds is 39. The van der Waals surface area contributed by atoms with Crippen molar-refractivity contribution < 1.29 is 66.5 Å². The molecule has 1 heterocycles. The maximum atomic E-state index is 14.1. The fraction of sp³-hybridized carbons (Fsp3) is 0.778. The molecule has 1 fully saturated rings. The van der Waals surface area contributed by atoms with Gasteiger partial charge in [0.25, 0.3) is 0 Å². The molecule has 0 saturated carbocycles. The summed E-state index contributed by atoms with van der Waals surface area (Å²) in [5.41, 5.74) is 39.2. The van der Waals surface area contributed by atoms with Crippen LogP contribution in [0.1, 0.15) is 109 Å². The number of carboxylic acid groups (broad SMARTS) is 1. The lowest BCUT2D eigenvalue weighted by Gasteiger charge is -2.30. The first-order chi connectivity index (χ1) is 35.4. The van der Waals surface area contributed by atoms with E-state index < -0.39 is 133 Å². The number of nitrogens with two attached hydrogens (primary N) is 7. The van der Waals surface area contributed by atoms with Gasteiger partial charge in [-0.3, -0.25) is 48.6 Å². The van der Waals surface area contributed by atoms with E-state index in [1.54, 1.807) is 0 Å². The molecule has 430 valence electrons. The number of nitrogens with zero attached hydrogens (tertiary/aromatic N) is 1. The second-order valence-electron chi connectivity index (χ2n) is 18.4. The number of amides is 7. The van der Waals surface area contributed by atoms with Gasteiger partial charge in [0.2, 0.25) is 41.4 Å². The summed E-state index contributed by atoms with van der Waals surface area (Å²) in [6, 6.07) is -10.5. The Morgan fingerprint density at radius 2 is 1.24 bits per heavy atom. The summed E-state index contributed by atoms with van der Waals surface area (Å²) in [5, 5.41) is 44.1. The van der Waals surface area contributed by atoms with Crippen molar-refractivity contribution in [1.82, 2.24) is 42.1 Å². The second-order valence-corrected chi connectivity index (χ2v) is 18.4. The molecule has 24 N–H and O–H groups in total. The van der Waals surface area contributed by atoms with Gasteiger partial charge >= 0.3 is 12.1 Å². The molecule has 0 bridgehead atoms. The third kappa shape index (κ3) is 26.5. The van der Waals surface area contributed by atoms with Crippen molar-refractivity contribution in [3.8, 4) is 0 Å². The van der Waals surface area contributed by atoms with Crippen molar-refractivity contribution in [3.05, 3.63) is 0 Å². The van der Waals surface area contributed by atoms with Gasteiger partial charge in [0.05, 0.1) is 37.1 Å². The molecule has 0 aliphatic carbocycles. The quantitative estimate of drug-likeness (QED) is 0.0156. The molecule has 0 aromatic rings. The van der Waals surface area contributed by atoms with Crippen LogP contribution in [0, 0.1) is 11.3 Å². The lowest BCUT2D eigenvalue weighted by atomic mass is 9.93. The van der Waals surface area contributed by atoms with E-state index in [1.165, 1.54) is 0 Å². The van der Waals surface area contributed by atoms with E-state index in [2.05, 4.69) is 37.2 Å². The molecule has 1 saturated heterocycles. The maximum absolute atomic E-state index is 14.1. The maximum Gasteiger partial charge on any atom is 0.391 e. The zero-order valence-electron chi connectivity index (χ0n) is 42.6. The first-order valence-corrected chi connectivity index (χ1v) is 25.4. The molecule has 9 atom stereocenters. The highest BCUT2D eigenvalue weighted by atomic mass is 19.4. The molecule has 0 radical (unpaired) electrons. The van der Waals surface area contributed by atoms with E-state index >= 15 is 0 Å². The number of alkyl halides is 3. The number of Topliss-reactive ketones (excluding diaryl/α,β-unsaturated/α-hetero) is 1. The molecule has 1 aliphatic heterocycles. The summed E-state index contributed by atoms with van der Waals surface area (Å²) in [6.07, 6.45) is -6.29. The summed E-state index contributed by atoms with van der Waals surface area (Å²) in [4.78, 5) is 121. The predicted molar refractivity (Wildman–Crippen MR) is 268 cm³/mol. The molecule has 30 heteroatoms. The number of guanidine groups is 1. The minimum Gasteiger partial charge on any atom is -0.481 e. The Labute approximate surface area is 434 Å². The number of carbonyl (C=O) groups is 9. The summed E-state index contributed by atoms with van der Waals surface area (Å²) in [7, 11) is 0. The summed E-state index contributed by atoms with van der Waals surface area (Å²) in [6.45, 7) is -0.398. The van der Waals surface area contributed by atoms with Gasteiger partial charge in [0.15, 0.2) is 11.7 Å². The standard InChI is InChI=1S/C45H83F3N16O11/c46-45(47,48)23-31(39(70)60-28(11-2-4-18-50)33(65)16-15-26(43(74)75)9-7-21-57-44(55)56)62-40(71)32-14-8-22-64(32)42(73)30(13-6-20-52)59-35(67)25-58-38(69)29(12-5-19-51)61-41(72)36(34(66)24-53)63-37(68)27(54)10-1-3-17-49/h26-32,34,36,66H,1-25,49-54H2,(H,58,69)(H,59,67)(H,60,70)(H,61,72)(H,62,71)(H,63,68)(H,74,75)(H4,55,56,57)/t26?,27-,28-,29-,30+,31-,32-,34-,36-/m0/s1. The van der Waals surface area contributed by atoms with Crippen LogP contribution in [0.25, 0.3) is 0 Å². The number of aliphatic carboxylic acids is 1. The second kappa shape index (κ2) is 36.2. The highest BCUT2D eigenvalue weighted by Crippen LogP contribution is 2.25. The molecule has 75 heavy (non-hydrogen) atoms. The van der Waals surface area contributed by atoms with Gasteiger partial charge in [-0.25, -0.2) is 0 Å². The summed E-state index contributed by atoms with van der Waals surface area (Å²) >= 11 is 0. The van der Waals surface area contributed by atoms with Crippen LogP contribution in [0.4, 0.5) is 13.2 Å². The normalized spacial score (nSPS) is 16.7. The van der Waals surface area contributed by atoms with Crippen molar-refractivity contribution in [3.63, 3.8) is 0 Å². The minimum absolute atomic E-state index is 0.0490. The molecule has 0 aromatic heterocycles. The SMILES string of the molecule is N=C(N)NCCCC(CCC(=O)[C@H](CCCCN)NC(=O)[C@H](CC(F)(F)F)NC(=O)[C@@H]1CCCN1C(=O)[C@@H](CCCN)NC(=O)CNC(=O)[C@H](CCCN)NC(=O)[C@@H](NC(=O)[C@@H](N)CCCCN)[C@@H](O)CN)C(=O)O. The molecular formula is C45H83F3N16O11. The number of aliphatic hydroxyl groups excluding tert-OH is 1. The Morgan fingerprint density at radius 3 is 1.81 bits per heavy atom. The predicted octanol–water partition coefficient (Wildman–Crippen LogP) is -4.83. The number of likely N-dealkylation sites (tertiary alicyclic amines) is 1. The summed E-state index contributed by atoms with van der Waals surface area (Å²) in [5.74, 6) is -10.1. The van der Waals surface area contributed by atoms with Gasteiger partial charge in [-0.15, -0.1) is 0 Å². The molecule has 0 aromatic carbocycles. The van der Waals surface area contributed by atoms with Crippen molar-refractivity contribution in [2.24, 2.45) is 46.1 Å². The number of ketones is 1. The number of aliphatic hydroxyl groups is 1. The van der Waals surface area contributed by atoms with Crippen LogP contribution in [-0.4, -0.2) is 181 Å². The van der Waals surface area contributed by atoms with E-state index in [-0.39, 0.29) is 122 Å². The molecule has 7 amide bonds. The third-order valence-corrected chi connectivity index (χ3v) is 12.3. The Morgan fingerprint density at radius 1 is 0.653 bits per heavy atom. The Kier molecular flexibility index (Phi) is 32.5. The van der Waals surface area contributed by atoms with Crippen LogP contribution in [0.15, 0.2) is 0 Å². The highest BCUT2D eigenvalue weighted by molar-refractivity contribution is 5.97. The first kappa shape index (κ1) is 67.2. The fourth-order valence-corrected chi connectivity index (χ4v) is 8.08. The number of nitrogens with one attached hydrogen (secondary N) is 8. The number of hydrogen-bond acceptors (Lipinski definition) is 17. The van der Waals surface area contributed by atoms with Crippen LogP contribution in [0.2, 0.25) is 0 Å². The van der Waals surface area contributed by atoms with E-state index in [9.17, 15) is 66.5 Å². The Balaban J connectivity index is 3.21. The van der Waals surface area contributed by atoms with Crippen LogP contribution in [0.5, 0.6) is 0 Å². The van der Waals surface area contributed by atoms with Crippen molar-refractivity contribution in [1.29, 1.82) is 5.41 Å². The van der Waals surface area contributed by atoms with Crippen LogP contribution in [-0.2, 0) is 43.2 Å². The topological polar surface area (TPSA) is 488 Å². The number of unbranched alkanes of at least 4 members (excludes halogenated alkanes) is 2. The van der Waals surface area contributed by atoms with Gasteiger partial charge in [0.1, 0.15) is 30.2 Å². The van der Waals surface area contributed by atoms with Gasteiger partial charge in [0, 0.05) is 26.1 Å². The zero-order chi connectivity index (χ0) is 56.7. The van der Waals surface area contributed by atoms with E-state index in [0.29, 0.717) is 25.8 Å². The lowest BCUT2D eigenvalue weighted by Crippen LogP contribution is -2.61. The van der Waals surface area contributed by atoms with Crippen LogP contribution in [0.3, 0.4) is 0 Å². The first-order valence-electron chi connectivity index (χ1n) is 25.4. The van der Waals surface area contributed by atoms with Gasteiger partial charge in [-0.2, -0.15) is 13.2 Å². The lowest BCUT2D eigenvalue weighted by molar-refractivity contribution is -0.153. The van der Waals surface area contributed by atoms with Gasteiger partial charge < -0.3 is 92.5 Å². The van der Waals surface area contributed by atoms with Gasteiger partial charge in [-0.1, -0.05) is 6.42 Å². The largest absolute Gasteiger partial charge is 0.481 e. The van der Waals surface area contributed by atoms with E-state index in [1.807, 2.05) is 0 Å². The van der Waals surface area contributed by atoms with E-state index in [0.717, 1.165) is 4.90 Å².